The highest BCUT2D eigenvalue weighted by Gasteiger charge is 2.18. The van der Waals surface area contributed by atoms with Crippen molar-refractivity contribution in [2.24, 2.45) is 0 Å². The predicted octanol–water partition coefficient (Wildman–Crippen LogP) is 0.137. The first-order valence-electron chi connectivity index (χ1n) is 3.69. The minimum Gasteiger partial charge on any atom is -0.493 e. The van der Waals surface area contributed by atoms with Crippen molar-refractivity contribution < 1.29 is 9.13 Å². The maximum absolute atomic E-state index is 13.1. The normalized spacial score (nSPS) is 14.1. The molecule has 0 bridgehead atoms. The monoisotopic (exact) mass is 163 g/mol. The molecule has 0 aromatic heterocycles. The second-order valence-corrected chi connectivity index (χ2v) is 2.78. The number of nitrogens with two attached hydrogens (primary N) is 1. The van der Waals surface area contributed by atoms with Crippen LogP contribution in [0.25, 0.3) is 0 Å². The number of nitrogen functional groups attached to an aromatic ring is 1. The summed E-state index contributed by atoms with van der Waals surface area (Å²) < 4.78 is 18.2. The molecule has 2 rings (SSSR count). The Morgan fingerprint density at radius 3 is 3.08 bits per heavy atom. The molecule has 4 heteroatoms. The Labute approximate surface area is 70.9 Å². The Hall–Kier alpha value is -1.19. The van der Waals surface area contributed by atoms with Crippen LogP contribution in [0.2, 0.25) is 0 Å². The van der Waals surface area contributed by atoms with Crippen LogP contribution < -0.4 is 15.9 Å². The molecule has 2 nitrogen and oxygen atoms in total. The lowest BCUT2D eigenvalue weighted by Crippen LogP contribution is -2.14. The molecule has 0 fully saturated rings. The number of ether oxygens (including phenoxy) is 1. The van der Waals surface area contributed by atoms with Crippen LogP contribution in [0.1, 0.15) is 5.56 Å². The Kier molecular flexibility index (Phi) is 1.49. The summed E-state index contributed by atoms with van der Waals surface area (Å²) in [5.74, 6) is -0.114. The van der Waals surface area contributed by atoms with Gasteiger partial charge < -0.3 is 10.5 Å². The van der Waals surface area contributed by atoms with Crippen LogP contribution in [0.5, 0.6) is 5.75 Å². The molecule has 0 aliphatic carbocycles. The molecule has 0 unspecified atom stereocenters. The molecular weight excluding hydrogens is 156 g/mol. The van der Waals surface area contributed by atoms with E-state index in [0.29, 0.717) is 12.4 Å². The van der Waals surface area contributed by atoms with Gasteiger partial charge in [-0.1, -0.05) is 0 Å². The van der Waals surface area contributed by atoms with Crippen LogP contribution in [-0.4, -0.2) is 14.5 Å². The minimum atomic E-state index is -0.573. The number of benzene rings is 1. The van der Waals surface area contributed by atoms with E-state index < -0.39 is 5.82 Å². The van der Waals surface area contributed by atoms with Gasteiger partial charge in [0, 0.05) is 6.42 Å². The molecule has 0 saturated carbocycles. The van der Waals surface area contributed by atoms with E-state index in [9.17, 15) is 4.39 Å². The average molecular weight is 163 g/mol. The summed E-state index contributed by atoms with van der Waals surface area (Å²) >= 11 is 0. The first kappa shape index (κ1) is 7.46. The largest absolute Gasteiger partial charge is 0.493 e. The number of fused-ring (bicyclic) bond motifs is 1. The van der Waals surface area contributed by atoms with Gasteiger partial charge in [0.05, 0.1) is 12.3 Å². The molecule has 1 aliphatic rings. The molecule has 1 heterocycles. The van der Waals surface area contributed by atoms with Gasteiger partial charge in [-0.3, -0.25) is 0 Å². The standard InChI is InChI=1S/C8H7BFNO/c9-6-7(10)5(11)3-4-1-2-12-8(4)6/h3H,1-2,11H2. The fraction of sp³-hybridized carbons (Fsp3) is 0.250. The second kappa shape index (κ2) is 2.40. The summed E-state index contributed by atoms with van der Waals surface area (Å²) in [7, 11) is 5.45. The van der Waals surface area contributed by atoms with E-state index in [1.54, 1.807) is 6.07 Å². The van der Waals surface area contributed by atoms with Gasteiger partial charge in [-0.25, -0.2) is 4.39 Å². The van der Waals surface area contributed by atoms with Crippen LogP contribution >= 0.6 is 0 Å². The van der Waals surface area contributed by atoms with E-state index >= 15 is 0 Å². The van der Waals surface area contributed by atoms with E-state index in [0.717, 1.165) is 12.0 Å². The van der Waals surface area contributed by atoms with E-state index in [-0.39, 0.29) is 11.2 Å². The van der Waals surface area contributed by atoms with E-state index in [4.69, 9.17) is 18.3 Å². The summed E-state index contributed by atoms with van der Waals surface area (Å²) in [5, 5.41) is 0. The van der Waals surface area contributed by atoms with Crippen molar-refractivity contribution in [1.82, 2.24) is 0 Å². The van der Waals surface area contributed by atoms with Crippen molar-refractivity contribution in [1.29, 1.82) is 0 Å². The number of hydrogen-bond acceptors (Lipinski definition) is 2. The van der Waals surface area contributed by atoms with Gasteiger partial charge in [0.15, 0.2) is 0 Å². The van der Waals surface area contributed by atoms with Crippen molar-refractivity contribution in [3.8, 4) is 5.75 Å². The molecule has 2 radical (unpaired) electrons. The Balaban J connectivity index is 2.67. The van der Waals surface area contributed by atoms with Crippen molar-refractivity contribution in [3.63, 3.8) is 0 Å². The quantitative estimate of drug-likeness (QED) is 0.436. The van der Waals surface area contributed by atoms with Crippen LogP contribution in [0.3, 0.4) is 0 Å². The third-order valence-corrected chi connectivity index (χ3v) is 1.97. The van der Waals surface area contributed by atoms with E-state index in [1.807, 2.05) is 0 Å². The Morgan fingerprint density at radius 1 is 1.58 bits per heavy atom. The van der Waals surface area contributed by atoms with Crippen molar-refractivity contribution in [2.45, 2.75) is 6.42 Å². The number of hydrogen-bond donors (Lipinski definition) is 1. The summed E-state index contributed by atoms with van der Waals surface area (Å²) in [4.78, 5) is 0. The van der Waals surface area contributed by atoms with Gasteiger partial charge >= 0.3 is 0 Å². The molecule has 1 aromatic carbocycles. The van der Waals surface area contributed by atoms with Crippen LogP contribution in [0.15, 0.2) is 6.07 Å². The Bertz CT molecular complexity index is 340. The second-order valence-electron chi connectivity index (χ2n) is 2.78. The SMILES string of the molecule is [B]c1c(F)c(N)cc2c1OCC2. The number of anilines is 1. The van der Waals surface area contributed by atoms with Crippen LogP contribution in [0, 0.1) is 5.82 Å². The number of halogens is 1. The van der Waals surface area contributed by atoms with E-state index in [1.165, 1.54) is 0 Å². The zero-order valence-corrected chi connectivity index (χ0v) is 6.43. The minimum absolute atomic E-state index is 0.0301. The fourth-order valence-electron chi connectivity index (χ4n) is 1.36. The maximum Gasteiger partial charge on any atom is 0.142 e. The molecule has 0 spiro atoms. The first-order chi connectivity index (χ1) is 5.70. The zero-order chi connectivity index (χ0) is 8.72. The maximum atomic E-state index is 13.1. The van der Waals surface area contributed by atoms with Gasteiger partial charge in [-0.2, -0.15) is 0 Å². The molecule has 0 atom stereocenters. The van der Waals surface area contributed by atoms with Crippen LogP contribution in [-0.2, 0) is 6.42 Å². The van der Waals surface area contributed by atoms with Crippen LogP contribution in [0.4, 0.5) is 10.1 Å². The third-order valence-electron chi connectivity index (χ3n) is 1.97. The number of rotatable bonds is 0. The van der Waals surface area contributed by atoms with Gasteiger partial charge in [-0.15, -0.1) is 0 Å². The summed E-state index contributed by atoms with van der Waals surface area (Å²) in [6, 6.07) is 1.58. The van der Waals surface area contributed by atoms with Crippen molar-refractivity contribution in [3.05, 3.63) is 17.4 Å². The molecule has 12 heavy (non-hydrogen) atoms. The highest BCUT2D eigenvalue weighted by atomic mass is 19.1. The Morgan fingerprint density at radius 2 is 2.33 bits per heavy atom. The first-order valence-corrected chi connectivity index (χ1v) is 3.69. The summed E-state index contributed by atoms with van der Waals surface area (Å²) in [5.41, 5.74) is 6.40. The van der Waals surface area contributed by atoms with Crippen molar-refractivity contribution in [2.75, 3.05) is 12.3 Å². The third kappa shape index (κ3) is 0.874. The lowest BCUT2D eigenvalue weighted by Gasteiger charge is -2.06. The average Bonchev–Trinajstić information content (AvgIpc) is 2.48. The zero-order valence-electron chi connectivity index (χ0n) is 6.43. The van der Waals surface area contributed by atoms with Gasteiger partial charge in [0.1, 0.15) is 19.4 Å². The lowest BCUT2D eigenvalue weighted by molar-refractivity contribution is 0.358. The molecule has 1 aliphatic heterocycles. The predicted molar refractivity (Wildman–Crippen MR) is 45.4 cm³/mol. The topological polar surface area (TPSA) is 35.2 Å². The van der Waals surface area contributed by atoms with Gasteiger partial charge in [0.2, 0.25) is 0 Å². The van der Waals surface area contributed by atoms with Crippen molar-refractivity contribution >= 4 is 19.0 Å². The fourth-order valence-corrected chi connectivity index (χ4v) is 1.36. The molecule has 60 valence electrons. The lowest BCUT2D eigenvalue weighted by atomic mass is 9.91. The highest BCUT2D eigenvalue weighted by Crippen LogP contribution is 2.26. The molecular formula is C8H7BFNO. The molecule has 0 amide bonds. The van der Waals surface area contributed by atoms with Gasteiger partial charge in [-0.05, 0) is 17.1 Å². The molecule has 2 N–H and O–H groups in total. The van der Waals surface area contributed by atoms with Gasteiger partial charge in [0.25, 0.3) is 0 Å². The molecule has 0 saturated heterocycles. The molecule has 1 aromatic rings. The highest BCUT2D eigenvalue weighted by molar-refractivity contribution is 6.35. The smallest absolute Gasteiger partial charge is 0.142 e. The van der Waals surface area contributed by atoms with E-state index in [2.05, 4.69) is 0 Å². The summed E-state index contributed by atoms with van der Waals surface area (Å²) in [6.45, 7) is 0.558. The summed E-state index contributed by atoms with van der Waals surface area (Å²) in [6.07, 6.45) is 0.754.